The second-order valence-electron chi connectivity index (χ2n) is 6.03. The number of hydrogen-bond donors (Lipinski definition) is 1. The van der Waals surface area contributed by atoms with Gasteiger partial charge in [-0.1, -0.05) is 49.2 Å². The second kappa shape index (κ2) is 8.97. The Hall–Kier alpha value is -1.91. The highest BCUT2D eigenvalue weighted by Gasteiger charge is 2.18. The van der Waals surface area contributed by atoms with Crippen LogP contribution in [0, 0.1) is 5.92 Å². The van der Waals surface area contributed by atoms with Gasteiger partial charge in [0.2, 0.25) is 0 Å². The first-order valence-electron chi connectivity index (χ1n) is 8.01. The van der Waals surface area contributed by atoms with Crippen molar-refractivity contribution in [2.45, 2.75) is 26.9 Å². The third-order valence-corrected chi connectivity index (χ3v) is 3.81. The molecule has 1 N–H and O–H groups in total. The van der Waals surface area contributed by atoms with Gasteiger partial charge in [-0.3, -0.25) is 4.79 Å². The fraction of sp³-hybridized carbons (Fsp3) is 0.316. The van der Waals surface area contributed by atoms with Crippen LogP contribution in [0.15, 0.2) is 42.5 Å². The van der Waals surface area contributed by atoms with Crippen molar-refractivity contribution in [3.8, 4) is 11.5 Å². The first-order chi connectivity index (χ1) is 11.9. The minimum absolute atomic E-state index is 0.299. The molecular formula is C19H21Cl2NO3. The number of rotatable bonds is 7. The van der Waals surface area contributed by atoms with Gasteiger partial charge in [0, 0.05) is 5.02 Å². The highest BCUT2D eigenvalue weighted by atomic mass is 35.5. The molecule has 2 aromatic carbocycles. The Kier molecular flexibility index (Phi) is 6.97. The van der Waals surface area contributed by atoms with E-state index in [1.165, 1.54) is 0 Å². The molecule has 0 spiro atoms. The van der Waals surface area contributed by atoms with Gasteiger partial charge >= 0.3 is 0 Å². The lowest BCUT2D eigenvalue weighted by Crippen LogP contribution is -2.30. The summed E-state index contributed by atoms with van der Waals surface area (Å²) >= 11 is 11.9. The van der Waals surface area contributed by atoms with E-state index in [2.05, 4.69) is 19.2 Å². The van der Waals surface area contributed by atoms with Crippen LogP contribution >= 0.6 is 23.2 Å². The van der Waals surface area contributed by atoms with E-state index < -0.39 is 6.10 Å². The minimum Gasteiger partial charge on any atom is -0.491 e. The summed E-state index contributed by atoms with van der Waals surface area (Å²) in [6.45, 7) is 6.34. The Morgan fingerprint density at radius 3 is 2.48 bits per heavy atom. The number of benzene rings is 2. The number of carbonyl (C=O) groups excluding carboxylic acids is 1. The maximum absolute atomic E-state index is 12.4. The smallest absolute Gasteiger partial charge is 0.265 e. The normalized spacial score (nSPS) is 11.9. The molecule has 134 valence electrons. The number of ether oxygens (including phenoxy) is 2. The summed E-state index contributed by atoms with van der Waals surface area (Å²) in [5, 5.41) is 3.69. The van der Waals surface area contributed by atoms with Crippen LogP contribution in [-0.4, -0.2) is 18.6 Å². The number of anilines is 1. The predicted octanol–water partition coefficient (Wildman–Crippen LogP) is 5.43. The SMILES string of the molecule is CC(C)COc1ccccc1NC(=O)C(C)Oc1ccc(Cl)cc1Cl. The highest BCUT2D eigenvalue weighted by Crippen LogP contribution is 2.29. The number of nitrogens with one attached hydrogen (secondary N) is 1. The Morgan fingerprint density at radius 1 is 1.08 bits per heavy atom. The summed E-state index contributed by atoms with van der Waals surface area (Å²) in [4.78, 5) is 12.4. The van der Waals surface area contributed by atoms with Crippen LogP contribution in [0.2, 0.25) is 10.0 Å². The van der Waals surface area contributed by atoms with Crippen LogP contribution in [-0.2, 0) is 4.79 Å². The number of carbonyl (C=O) groups is 1. The van der Waals surface area contributed by atoms with Gasteiger partial charge in [0.15, 0.2) is 6.10 Å². The van der Waals surface area contributed by atoms with E-state index in [0.717, 1.165) is 0 Å². The van der Waals surface area contributed by atoms with Gasteiger partial charge in [-0.25, -0.2) is 0 Å². The van der Waals surface area contributed by atoms with Gasteiger partial charge in [-0.15, -0.1) is 0 Å². The third-order valence-electron chi connectivity index (χ3n) is 3.28. The molecule has 0 saturated carbocycles. The van der Waals surface area contributed by atoms with Crippen LogP contribution in [0.25, 0.3) is 0 Å². The molecular weight excluding hydrogens is 361 g/mol. The molecule has 2 rings (SSSR count). The number of hydrogen-bond acceptors (Lipinski definition) is 3. The largest absolute Gasteiger partial charge is 0.491 e. The first-order valence-corrected chi connectivity index (χ1v) is 8.77. The highest BCUT2D eigenvalue weighted by molar-refractivity contribution is 6.35. The van der Waals surface area contributed by atoms with Crippen LogP contribution in [0.5, 0.6) is 11.5 Å². The second-order valence-corrected chi connectivity index (χ2v) is 6.87. The molecule has 0 saturated heterocycles. The average molecular weight is 382 g/mol. The van der Waals surface area contributed by atoms with E-state index in [9.17, 15) is 4.79 Å². The van der Waals surface area contributed by atoms with Crippen LogP contribution < -0.4 is 14.8 Å². The first kappa shape index (κ1) is 19.4. The summed E-state index contributed by atoms with van der Waals surface area (Å²) in [7, 11) is 0. The van der Waals surface area contributed by atoms with Gasteiger partial charge < -0.3 is 14.8 Å². The fourth-order valence-electron chi connectivity index (χ4n) is 2.00. The summed E-state index contributed by atoms with van der Waals surface area (Å²) < 4.78 is 11.4. The number of halogens is 2. The van der Waals surface area contributed by atoms with E-state index in [4.69, 9.17) is 32.7 Å². The lowest BCUT2D eigenvalue weighted by molar-refractivity contribution is -0.122. The van der Waals surface area contributed by atoms with Gasteiger partial charge in [-0.2, -0.15) is 0 Å². The maximum Gasteiger partial charge on any atom is 0.265 e. The molecule has 4 nitrogen and oxygen atoms in total. The quantitative estimate of drug-likeness (QED) is 0.694. The summed E-state index contributed by atoms with van der Waals surface area (Å²) in [5.74, 6) is 1.11. The third kappa shape index (κ3) is 5.83. The lowest BCUT2D eigenvalue weighted by Gasteiger charge is -2.18. The molecule has 0 bridgehead atoms. The topological polar surface area (TPSA) is 47.6 Å². The molecule has 1 amide bonds. The van der Waals surface area contributed by atoms with Crippen molar-refractivity contribution in [3.63, 3.8) is 0 Å². The Labute approximate surface area is 158 Å². The van der Waals surface area contributed by atoms with Crippen LogP contribution in [0.1, 0.15) is 20.8 Å². The minimum atomic E-state index is -0.739. The zero-order valence-corrected chi connectivity index (χ0v) is 15.9. The van der Waals surface area contributed by atoms with Crippen LogP contribution in [0.4, 0.5) is 5.69 Å². The van der Waals surface area contributed by atoms with Gasteiger partial charge in [0.1, 0.15) is 11.5 Å². The van der Waals surface area contributed by atoms with Crippen molar-refractivity contribution in [1.82, 2.24) is 0 Å². The molecule has 6 heteroatoms. The predicted molar refractivity (Wildman–Crippen MR) is 102 cm³/mol. The molecule has 0 aliphatic rings. The van der Waals surface area contributed by atoms with E-state index in [1.807, 2.05) is 18.2 Å². The van der Waals surface area contributed by atoms with E-state index >= 15 is 0 Å². The molecule has 0 fully saturated rings. The zero-order valence-electron chi connectivity index (χ0n) is 14.4. The Bertz CT molecular complexity index is 734. The standard InChI is InChI=1S/C19H21Cl2NO3/c1-12(2)11-24-18-7-5-4-6-16(18)22-19(23)13(3)25-17-9-8-14(20)10-15(17)21/h4-10,12-13H,11H2,1-3H3,(H,22,23). The molecule has 1 unspecified atom stereocenters. The summed E-state index contributed by atoms with van der Waals surface area (Å²) in [6.07, 6.45) is -0.739. The number of para-hydroxylation sites is 2. The molecule has 25 heavy (non-hydrogen) atoms. The monoisotopic (exact) mass is 381 g/mol. The van der Waals surface area contributed by atoms with E-state index in [1.54, 1.807) is 31.2 Å². The average Bonchev–Trinajstić information content (AvgIpc) is 2.56. The van der Waals surface area contributed by atoms with Gasteiger partial charge in [-0.05, 0) is 43.2 Å². The number of amides is 1. The van der Waals surface area contributed by atoms with Crippen molar-refractivity contribution >= 4 is 34.8 Å². The Morgan fingerprint density at radius 2 is 1.80 bits per heavy atom. The van der Waals surface area contributed by atoms with Crippen molar-refractivity contribution in [3.05, 3.63) is 52.5 Å². The molecule has 0 radical (unpaired) electrons. The molecule has 0 aromatic heterocycles. The molecule has 0 aliphatic heterocycles. The molecule has 0 aliphatic carbocycles. The van der Waals surface area contributed by atoms with Crippen molar-refractivity contribution < 1.29 is 14.3 Å². The fourth-order valence-corrected chi connectivity index (χ4v) is 2.45. The zero-order chi connectivity index (χ0) is 18.4. The summed E-state index contributed by atoms with van der Waals surface area (Å²) in [6, 6.07) is 12.2. The molecule has 0 heterocycles. The van der Waals surface area contributed by atoms with Gasteiger partial charge in [0.25, 0.3) is 5.91 Å². The van der Waals surface area contributed by atoms with Gasteiger partial charge in [0.05, 0.1) is 17.3 Å². The van der Waals surface area contributed by atoms with E-state index in [0.29, 0.717) is 39.8 Å². The Balaban J connectivity index is 2.03. The lowest BCUT2D eigenvalue weighted by atomic mass is 10.2. The van der Waals surface area contributed by atoms with E-state index in [-0.39, 0.29) is 5.91 Å². The van der Waals surface area contributed by atoms with Crippen molar-refractivity contribution in [2.75, 3.05) is 11.9 Å². The summed E-state index contributed by atoms with van der Waals surface area (Å²) in [5.41, 5.74) is 0.603. The van der Waals surface area contributed by atoms with Crippen molar-refractivity contribution in [2.24, 2.45) is 5.92 Å². The molecule has 1 atom stereocenters. The molecule has 2 aromatic rings. The van der Waals surface area contributed by atoms with Crippen LogP contribution in [0.3, 0.4) is 0 Å². The van der Waals surface area contributed by atoms with Crippen molar-refractivity contribution in [1.29, 1.82) is 0 Å². The maximum atomic E-state index is 12.4.